The smallest absolute Gasteiger partial charge is 0.338 e. The number of nitrogens with zero attached hydrogens (tertiary/aromatic N) is 1. The number of halogens is 1. The molecule has 1 aliphatic heterocycles. The minimum Gasteiger partial charge on any atom is -0.456 e. The summed E-state index contributed by atoms with van der Waals surface area (Å²) in [6, 6.07) is 4.13. The highest BCUT2D eigenvalue weighted by Crippen LogP contribution is 2.30. The van der Waals surface area contributed by atoms with Crippen LogP contribution in [0.3, 0.4) is 0 Å². The van der Waals surface area contributed by atoms with Crippen LogP contribution in [0.15, 0.2) is 22.7 Å². The first-order valence-corrected chi connectivity index (χ1v) is 7.98. The molecule has 0 aliphatic carbocycles. The van der Waals surface area contributed by atoms with Gasteiger partial charge in [0.25, 0.3) is 5.69 Å². The van der Waals surface area contributed by atoms with E-state index in [1.807, 2.05) is 13.8 Å². The van der Waals surface area contributed by atoms with Gasteiger partial charge in [0.2, 0.25) is 0 Å². The van der Waals surface area contributed by atoms with Gasteiger partial charge in [-0.3, -0.25) is 10.1 Å². The molecule has 1 aromatic rings. The highest BCUT2D eigenvalue weighted by atomic mass is 79.9. The molecule has 0 radical (unpaired) electrons. The molecule has 120 valence electrons. The average Bonchev–Trinajstić information content (AvgIpc) is 2.47. The Morgan fingerprint density at radius 2 is 2.00 bits per heavy atom. The molecule has 7 heteroatoms. The third kappa shape index (κ3) is 4.04. The zero-order valence-corrected chi connectivity index (χ0v) is 14.2. The molecule has 6 nitrogen and oxygen atoms in total. The van der Waals surface area contributed by atoms with Gasteiger partial charge in [0.1, 0.15) is 5.60 Å². The number of rotatable bonds is 4. The number of non-ortho nitro benzene ring substituents is 1. The number of ether oxygens (including phenoxy) is 1. The van der Waals surface area contributed by atoms with Crippen molar-refractivity contribution in [3.8, 4) is 0 Å². The molecule has 0 aromatic heterocycles. The summed E-state index contributed by atoms with van der Waals surface area (Å²) < 4.78 is 6.12. The van der Waals surface area contributed by atoms with Crippen molar-refractivity contribution in [3.63, 3.8) is 0 Å². The number of hydrogen-bond acceptors (Lipinski definition) is 5. The third-order valence-electron chi connectivity index (χ3n) is 4.01. The SMILES string of the molecule is CC(C)(OC(=O)c1cc(Br)cc([N+](=O)[O-])c1)C1CCNCC1. The standard InChI is InChI=1S/C15H19BrN2O4/c1-15(2,11-3-5-17-6-4-11)22-14(19)10-7-12(16)9-13(8-10)18(20)21/h7-9,11,17H,3-6H2,1-2H3. The zero-order chi connectivity index (χ0) is 16.3. The maximum absolute atomic E-state index is 12.3. The Labute approximate surface area is 137 Å². The Morgan fingerprint density at radius 3 is 2.59 bits per heavy atom. The van der Waals surface area contributed by atoms with Gasteiger partial charge in [-0.15, -0.1) is 0 Å². The van der Waals surface area contributed by atoms with Crippen LogP contribution in [0.1, 0.15) is 37.0 Å². The van der Waals surface area contributed by atoms with Gasteiger partial charge >= 0.3 is 5.97 Å². The van der Waals surface area contributed by atoms with E-state index in [0.29, 0.717) is 4.47 Å². The van der Waals surface area contributed by atoms with Crippen molar-refractivity contribution in [2.75, 3.05) is 13.1 Å². The molecule has 1 heterocycles. The Kier molecular flexibility index (Phi) is 5.18. The van der Waals surface area contributed by atoms with Gasteiger partial charge in [-0.1, -0.05) is 15.9 Å². The van der Waals surface area contributed by atoms with Crippen molar-refractivity contribution >= 4 is 27.6 Å². The molecule has 2 rings (SSSR count). The van der Waals surface area contributed by atoms with Crippen LogP contribution in [0.5, 0.6) is 0 Å². The number of nitro benzene ring substituents is 1. The molecule has 0 spiro atoms. The third-order valence-corrected chi connectivity index (χ3v) is 4.46. The van der Waals surface area contributed by atoms with Gasteiger partial charge in [0.05, 0.1) is 10.5 Å². The van der Waals surface area contributed by atoms with E-state index in [2.05, 4.69) is 21.2 Å². The zero-order valence-electron chi connectivity index (χ0n) is 12.6. The molecule has 22 heavy (non-hydrogen) atoms. The number of benzene rings is 1. The second-order valence-corrected chi connectivity index (χ2v) is 6.89. The van der Waals surface area contributed by atoms with Gasteiger partial charge < -0.3 is 10.1 Å². The second-order valence-electron chi connectivity index (χ2n) is 5.97. The quantitative estimate of drug-likeness (QED) is 0.499. The van der Waals surface area contributed by atoms with Gasteiger partial charge in [-0.2, -0.15) is 0 Å². The molecular weight excluding hydrogens is 352 g/mol. The van der Waals surface area contributed by atoms with Crippen LogP contribution >= 0.6 is 15.9 Å². The van der Waals surface area contributed by atoms with Crippen LogP contribution < -0.4 is 5.32 Å². The number of nitro groups is 1. The molecule has 1 saturated heterocycles. The van der Waals surface area contributed by atoms with Crippen LogP contribution in [0, 0.1) is 16.0 Å². The van der Waals surface area contributed by atoms with Crippen LogP contribution in [0.25, 0.3) is 0 Å². The van der Waals surface area contributed by atoms with Gasteiger partial charge in [-0.05, 0) is 45.8 Å². The predicted molar refractivity (Wildman–Crippen MR) is 85.9 cm³/mol. The van der Waals surface area contributed by atoms with Gasteiger partial charge in [-0.25, -0.2) is 4.79 Å². The van der Waals surface area contributed by atoms with Crippen molar-refractivity contribution in [2.45, 2.75) is 32.3 Å². The van der Waals surface area contributed by atoms with Crippen molar-refractivity contribution in [1.82, 2.24) is 5.32 Å². The summed E-state index contributed by atoms with van der Waals surface area (Å²) in [4.78, 5) is 22.7. The van der Waals surface area contributed by atoms with Gasteiger partial charge in [0.15, 0.2) is 0 Å². The Balaban J connectivity index is 2.15. The van der Waals surface area contributed by atoms with E-state index >= 15 is 0 Å². The maximum Gasteiger partial charge on any atom is 0.338 e. The lowest BCUT2D eigenvalue weighted by Crippen LogP contribution is -2.42. The summed E-state index contributed by atoms with van der Waals surface area (Å²) >= 11 is 3.19. The van der Waals surface area contributed by atoms with Crippen molar-refractivity contribution in [3.05, 3.63) is 38.3 Å². The summed E-state index contributed by atoms with van der Waals surface area (Å²) in [5.74, 6) is -0.257. The highest BCUT2D eigenvalue weighted by Gasteiger charge is 2.34. The fourth-order valence-electron chi connectivity index (χ4n) is 2.70. The predicted octanol–water partition coefficient (Wildman–Crippen LogP) is 3.29. The fraction of sp³-hybridized carbons (Fsp3) is 0.533. The number of hydrogen-bond donors (Lipinski definition) is 1. The Morgan fingerprint density at radius 1 is 1.36 bits per heavy atom. The summed E-state index contributed by atoms with van der Waals surface area (Å²) in [7, 11) is 0. The Hall–Kier alpha value is -1.47. The molecule has 0 atom stereocenters. The summed E-state index contributed by atoms with van der Waals surface area (Å²) in [5, 5.41) is 14.2. The normalized spacial score (nSPS) is 16.3. The molecule has 1 aliphatic rings. The van der Waals surface area contributed by atoms with E-state index in [1.54, 1.807) is 0 Å². The first-order chi connectivity index (χ1) is 10.3. The number of carbonyl (C=O) groups is 1. The fourth-order valence-corrected chi connectivity index (χ4v) is 3.18. The van der Waals surface area contributed by atoms with Gasteiger partial charge in [0, 0.05) is 22.5 Å². The number of piperidine rings is 1. The van der Waals surface area contributed by atoms with E-state index in [0.717, 1.165) is 25.9 Å². The monoisotopic (exact) mass is 370 g/mol. The van der Waals surface area contributed by atoms with Crippen molar-refractivity contribution in [2.24, 2.45) is 5.92 Å². The summed E-state index contributed by atoms with van der Waals surface area (Å²) in [5.41, 5.74) is -0.555. The van der Waals surface area contributed by atoms with E-state index < -0.39 is 16.5 Å². The van der Waals surface area contributed by atoms with Crippen LogP contribution in [-0.2, 0) is 4.74 Å². The maximum atomic E-state index is 12.3. The van der Waals surface area contributed by atoms with Crippen LogP contribution in [0.2, 0.25) is 0 Å². The van der Waals surface area contributed by atoms with E-state index in [4.69, 9.17) is 4.74 Å². The van der Waals surface area contributed by atoms with Crippen molar-refractivity contribution < 1.29 is 14.5 Å². The van der Waals surface area contributed by atoms with Crippen LogP contribution in [0.4, 0.5) is 5.69 Å². The number of carbonyl (C=O) groups excluding carboxylic acids is 1. The molecule has 0 saturated carbocycles. The largest absolute Gasteiger partial charge is 0.456 e. The highest BCUT2D eigenvalue weighted by molar-refractivity contribution is 9.10. The van der Waals surface area contributed by atoms with E-state index in [9.17, 15) is 14.9 Å². The summed E-state index contributed by atoms with van der Waals surface area (Å²) in [6.45, 7) is 5.61. The molecule has 1 aromatic carbocycles. The Bertz CT molecular complexity index is 583. The lowest BCUT2D eigenvalue weighted by Gasteiger charge is -2.36. The lowest BCUT2D eigenvalue weighted by molar-refractivity contribution is -0.385. The minimum atomic E-state index is -0.601. The van der Waals surface area contributed by atoms with E-state index in [1.165, 1.54) is 18.2 Å². The van der Waals surface area contributed by atoms with Crippen molar-refractivity contribution in [1.29, 1.82) is 0 Å². The summed E-state index contributed by atoms with van der Waals surface area (Å²) in [6.07, 6.45) is 1.89. The van der Waals surface area contributed by atoms with E-state index in [-0.39, 0.29) is 17.2 Å². The first kappa shape index (κ1) is 16.9. The minimum absolute atomic E-state index is 0.138. The molecule has 1 N–H and O–H groups in total. The molecule has 0 unspecified atom stereocenters. The topological polar surface area (TPSA) is 81.5 Å². The molecule has 0 amide bonds. The molecular formula is C15H19BrN2O4. The number of esters is 1. The lowest BCUT2D eigenvalue weighted by atomic mass is 9.83. The number of nitrogens with one attached hydrogen (secondary N) is 1. The van der Waals surface area contributed by atoms with Crippen LogP contribution in [-0.4, -0.2) is 29.6 Å². The second kappa shape index (κ2) is 6.75. The molecule has 1 fully saturated rings. The average molecular weight is 371 g/mol. The molecule has 0 bridgehead atoms. The first-order valence-electron chi connectivity index (χ1n) is 7.18.